The molecule has 1 atom stereocenters. The smallest absolute Gasteiger partial charge is 0.417 e. The summed E-state index contributed by atoms with van der Waals surface area (Å²) in [6, 6.07) is 18.4. The van der Waals surface area contributed by atoms with E-state index < -0.39 is 23.6 Å². The van der Waals surface area contributed by atoms with Crippen LogP contribution in [0, 0.1) is 11.8 Å². The summed E-state index contributed by atoms with van der Waals surface area (Å²) in [6.07, 6.45) is -4.52. The van der Waals surface area contributed by atoms with Gasteiger partial charge in [-0.15, -0.1) is 17.3 Å². The van der Waals surface area contributed by atoms with E-state index in [1.807, 2.05) is 18.2 Å². The maximum absolute atomic E-state index is 13.6. The van der Waals surface area contributed by atoms with Crippen LogP contribution in [0.25, 0.3) is 21.2 Å². The van der Waals surface area contributed by atoms with Crippen LogP contribution in [-0.2, 0) is 17.6 Å². The molecular formula is C28H23F3O3S2. The van der Waals surface area contributed by atoms with Crippen LogP contribution in [0.5, 0.6) is 5.75 Å². The topological polar surface area (TPSA) is 46.5 Å². The lowest BCUT2D eigenvalue weighted by Gasteiger charge is -2.13. The zero-order valence-corrected chi connectivity index (χ0v) is 21.0. The van der Waals surface area contributed by atoms with Gasteiger partial charge in [-0.2, -0.15) is 26.7 Å². The van der Waals surface area contributed by atoms with Gasteiger partial charge in [0, 0.05) is 15.6 Å². The number of fused-ring (bicyclic) bond motifs is 1. The number of benzene rings is 3. The van der Waals surface area contributed by atoms with Crippen LogP contribution in [0.1, 0.15) is 36.0 Å². The number of thiophene rings is 1. The van der Waals surface area contributed by atoms with E-state index in [-0.39, 0.29) is 32.1 Å². The number of alkyl halides is 3. The van der Waals surface area contributed by atoms with E-state index >= 15 is 0 Å². The van der Waals surface area contributed by atoms with Crippen LogP contribution in [0.2, 0.25) is 0 Å². The average molecular weight is 529 g/mol. The highest BCUT2D eigenvalue weighted by Crippen LogP contribution is 2.41. The Morgan fingerprint density at radius 1 is 1.06 bits per heavy atom. The molecule has 0 amide bonds. The van der Waals surface area contributed by atoms with Crippen LogP contribution >= 0.6 is 24.8 Å². The molecule has 0 fully saturated rings. The zero-order valence-electron chi connectivity index (χ0n) is 19.2. The van der Waals surface area contributed by atoms with Crippen LogP contribution in [0.4, 0.5) is 13.2 Å². The fourth-order valence-corrected chi connectivity index (χ4v) is 4.85. The number of halogens is 3. The maximum atomic E-state index is 13.6. The number of ether oxygens (including phenoxy) is 1. The molecule has 0 radical (unpaired) electrons. The lowest BCUT2D eigenvalue weighted by Crippen LogP contribution is -2.06. The number of hydrogen-bond acceptors (Lipinski definition) is 3. The molecule has 36 heavy (non-hydrogen) atoms. The van der Waals surface area contributed by atoms with Crippen LogP contribution in [-0.4, -0.2) is 11.1 Å². The molecule has 0 saturated heterocycles. The third-order valence-corrected chi connectivity index (χ3v) is 6.51. The first-order valence-electron chi connectivity index (χ1n) is 10.8. The van der Waals surface area contributed by atoms with Crippen LogP contribution in [0.3, 0.4) is 0 Å². The molecule has 1 heterocycles. The van der Waals surface area contributed by atoms with Crippen molar-refractivity contribution in [3.05, 3.63) is 88.8 Å². The van der Waals surface area contributed by atoms with E-state index in [1.165, 1.54) is 23.5 Å². The van der Waals surface area contributed by atoms with E-state index in [0.29, 0.717) is 11.3 Å². The molecule has 1 N–H and O–H groups in total. The number of carboxylic acid groups (broad SMARTS) is 1. The molecule has 0 bridgehead atoms. The number of aliphatic carboxylic acids is 1. The van der Waals surface area contributed by atoms with Crippen molar-refractivity contribution >= 4 is 40.9 Å². The normalized spacial score (nSPS) is 11.8. The Bertz CT molecular complexity index is 1410. The minimum absolute atomic E-state index is 0. The molecule has 3 nitrogen and oxygen atoms in total. The fraction of sp³-hybridized carbons (Fsp3) is 0.179. The minimum Gasteiger partial charge on any atom is -0.489 e. The lowest BCUT2D eigenvalue weighted by atomic mass is 9.96. The summed E-state index contributed by atoms with van der Waals surface area (Å²) in [5, 5.41) is 11.6. The Balaban J connectivity index is 0.00000361. The Labute approximate surface area is 218 Å². The molecule has 0 aliphatic rings. The van der Waals surface area contributed by atoms with Gasteiger partial charge >= 0.3 is 12.1 Å². The predicted octanol–water partition coefficient (Wildman–Crippen LogP) is 7.86. The second-order valence-electron chi connectivity index (χ2n) is 7.93. The molecule has 0 aliphatic heterocycles. The van der Waals surface area contributed by atoms with E-state index in [9.17, 15) is 18.0 Å². The van der Waals surface area contributed by atoms with Gasteiger partial charge in [0.25, 0.3) is 0 Å². The molecule has 1 aromatic heterocycles. The second-order valence-corrected chi connectivity index (χ2v) is 8.84. The third kappa shape index (κ3) is 6.23. The van der Waals surface area contributed by atoms with Gasteiger partial charge in [0.1, 0.15) is 12.4 Å². The van der Waals surface area contributed by atoms with Gasteiger partial charge in [-0.25, -0.2) is 0 Å². The van der Waals surface area contributed by atoms with Crippen molar-refractivity contribution in [3.63, 3.8) is 0 Å². The van der Waals surface area contributed by atoms with E-state index in [2.05, 4.69) is 11.8 Å². The van der Waals surface area contributed by atoms with Crippen molar-refractivity contribution < 1.29 is 27.8 Å². The van der Waals surface area contributed by atoms with Crippen molar-refractivity contribution in [1.29, 1.82) is 0 Å². The number of carboxylic acids is 1. The standard InChI is InChI=1S/C28H21F3O3S.H2S/c1-2-5-20(15-27(32)33)19-9-11-21(12-10-19)34-16-18-8-13-26-23(14-18)24(17-35-26)22-6-3-4-7-25(22)28(29,30)31;/h3-4,6-14,17,20H,15-16H2,1H3,(H,32,33);1H2/t20-;/m0./s1. The highest BCUT2D eigenvalue weighted by molar-refractivity contribution is 7.59. The summed E-state index contributed by atoms with van der Waals surface area (Å²) in [6.45, 7) is 1.91. The van der Waals surface area contributed by atoms with Crippen molar-refractivity contribution in [2.45, 2.75) is 32.0 Å². The summed E-state index contributed by atoms with van der Waals surface area (Å²) in [4.78, 5) is 11.1. The highest BCUT2D eigenvalue weighted by atomic mass is 32.1. The first-order valence-corrected chi connectivity index (χ1v) is 11.7. The van der Waals surface area contributed by atoms with Crippen molar-refractivity contribution in [1.82, 2.24) is 0 Å². The zero-order chi connectivity index (χ0) is 25.0. The van der Waals surface area contributed by atoms with Gasteiger partial charge < -0.3 is 9.84 Å². The van der Waals surface area contributed by atoms with Crippen molar-refractivity contribution in [2.24, 2.45) is 0 Å². The Morgan fingerprint density at radius 2 is 1.78 bits per heavy atom. The predicted molar refractivity (Wildman–Crippen MR) is 142 cm³/mol. The molecule has 0 saturated carbocycles. The van der Waals surface area contributed by atoms with Gasteiger partial charge in [-0.05, 0) is 59.3 Å². The lowest BCUT2D eigenvalue weighted by molar-refractivity contribution is -0.138. The largest absolute Gasteiger partial charge is 0.489 e. The number of rotatable bonds is 7. The van der Waals surface area contributed by atoms with Gasteiger partial charge in [0.05, 0.1) is 17.9 Å². The molecule has 0 unspecified atom stereocenters. The van der Waals surface area contributed by atoms with Gasteiger partial charge in [0.15, 0.2) is 0 Å². The summed E-state index contributed by atoms with van der Waals surface area (Å²) in [5.74, 6) is 4.96. The van der Waals surface area contributed by atoms with E-state index in [0.717, 1.165) is 27.3 Å². The van der Waals surface area contributed by atoms with Gasteiger partial charge in [-0.1, -0.05) is 42.3 Å². The second kappa shape index (κ2) is 11.5. The highest BCUT2D eigenvalue weighted by Gasteiger charge is 2.33. The van der Waals surface area contributed by atoms with Crippen molar-refractivity contribution in [3.8, 4) is 28.7 Å². The van der Waals surface area contributed by atoms with E-state index in [1.54, 1.807) is 42.6 Å². The fourth-order valence-electron chi connectivity index (χ4n) is 3.90. The Morgan fingerprint density at radius 3 is 2.44 bits per heavy atom. The van der Waals surface area contributed by atoms with Crippen molar-refractivity contribution in [2.75, 3.05) is 0 Å². The monoisotopic (exact) mass is 528 g/mol. The quantitative estimate of drug-likeness (QED) is 0.248. The number of hydrogen-bond donors (Lipinski definition) is 1. The molecule has 4 rings (SSSR count). The molecule has 0 spiro atoms. The first-order chi connectivity index (χ1) is 16.8. The Hall–Kier alpha value is -3.41. The Kier molecular flexibility index (Phi) is 8.72. The maximum Gasteiger partial charge on any atom is 0.417 e. The summed E-state index contributed by atoms with van der Waals surface area (Å²) >= 11 is 1.40. The van der Waals surface area contributed by atoms with Crippen LogP contribution < -0.4 is 4.74 Å². The number of carbonyl (C=O) groups is 1. The molecule has 186 valence electrons. The van der Waals surface area contributed by atoms with Crippen LogP contribution in [0.15, 0.2) is 72.1 Å². The first kappa shape index (κ1) is 27.2. The summed E-state index contributed by atoms with van der Waals surface area (Å²) in [7, 11) is 0. The van der Waals surface area contributed by atoms with E-state index in [4.69, 9.17) is 9.84 Å². The molecular weight excluding hydrogens is 505 g/mol. The molecule has 4 aromatic rings. The molecule has 8 heteroatoms. The molecule has 0 aliphatic carbocycles. The molecule has 3 aromatic carbocycles. The van der Waals surface area contributed by atoms with Gasteiger partial charge in [0.2, 0.25) is 0 Å². The SMILES string of the molecule is CC#C[C@@H](CC(=O)O)c1ccc(OCc2ccc3scc(-c4ccccc4C(F)(F)F)c3c2)cc1.S. The average Bonchev–Trinajstić information content (AvgIpc) is 3.25. The third-order valence-electron chi connectivity index (χ3n) is 5.55. The summed E-state index contributed by atoms with van der Waals surface area (Å²) in [5.41, 5.74) is 1.67. The minimum atomic E-state index is -4.44. The van der Waals surface area contributed by atoms with Gasteiger partial charge in [-0.3, -0.25) is 4.79 Å². The summed E-state index contributed by atoms with van der Waals surface area (Å²) < 4.78 is 47.5.